The van der Waals surface area contributed by atoms with Crippen LogP contribution in [0.4, 0.5) is 10.1 Å². The average Bonchev–Trinajstić information content (AvgIpc) is 2.41. The third-order valence-corrected chi connectivity index (χ3v) is 2.59. The van der Waals surface area contributed by atoms with Crippen LogP contribution in [0.25, 0.3) is 0 Å². The summed E-state index contributed by atoms with van der Waals surface area (Å²) >= 11 is 0. The number of para-hydroxylation sites is 1. The number of aromatic nitrogens is 1. The summed E-state index contributed by atoms with van der Waals surface area (Å²) in [4.78, 5) is 13.9. The van der Waals surface area contributed by atoms with Crippen LogP contribution in [0, 0.1) is 15.9 Å². The van der Waals surface area contributed by atoms with E-state index in [1.807, 2.05) is 0 Å². The Bertz CT molecular complexity index is 646. The molecule has 0 unspecified atom stereocenters. The molecule has 0 amide bonds. The maximum absolute atomic E-state index is 13.6. The molecule has 0 saturated heterocycles. The minimum atomic E-state index is -0.858. The zero-order valence-corrected chi connectivity index (χ0v) is 10.5. The van der Waals surface area contributed by atoms with E-state index in [1.54, 1.807) is 13.0 Å². The monoisotopic (exact) mass is 278 g/mol. The molecule has 0 aliphatic heterocycles. The minimum absolute atomic E-state index is 0.0309. The van der Waals surface area contributed by atoms with Crippen molar-refractivity contribution in [3.8, 4) is 11.6 Å². The molecule has 1 heterocycles. The van der Waals surface area contributed by atoms with Crippen molar-refractivity contribution in [1.82, 2.24) is 4.98 Å². The van der Waals surface area contributed by atoms with Crippen LogP contribution in [0.3, 0.4) is 0 Å². The summed E-state index contributed by atoms with van der Waals surface area (Å²) in [6, 6.07) is 6.37. The second-order valence-corrected chi connectivity index (χ2v) is 4.05. The first-order valence-corrected chi connectivity index (χ1v) is 5.74. The fourth-order valence-corrected chi connectivity index (χ4v) is 1.59. The molecule has 6 nitrogen and oxygen atoms in total. The van der Waals surface area contributed by atoms with Gasteiger partial charge in [0.25, 0.3) is 0 Å². The zero-order valence-electron chi connectivity index (χ0n) is 10.5. The van der Waals surface area contributed by atoms with Crippen LogP contribution in [-0.4, -0.2) is 15.0 Å². The van der Waals surface area contributed by atoms with E-state index in [1.165, 1.54) is 18.3 Å². The fraction of sp³-hybridized carbons (Fsp3) is 0.154. The summed E-state index contributed by atoms with van der Waals surface area (Å²) in [5, 5.41) is 20.3. The molecule has 20 heavy (non-hydrogen) atoms. The van der Waals surface area contributed by atoms with Gasteiger partial charge in [0.15, 0.2) is 5.82 Å². The lowest BCUT2D eigenvalue weighted by molar-refractivity contribution is -0.385. The van der Waals surface area contributed by atoms with E-state index < -0.39 is 28.3 Å². The number of ether oxygens (including phenoxy) is 1. The first-order chi connectivity index (χ1) is 9.49. The van der Waals surface area contributed by atoms with Crippen molar-refractivity contribution >= 4 is 5.69 Å². The molecule has 0 radical (unpaired) electrons. The highest BCUT2D eigenvalue weighted by atomic mass is 19.1. The van der Waals surface area contributed by atoms with E-state index in [2.05, 4.69) is 4.98 Å². The van der Waals surface area contributed by atoms with Gasteiger partial charge in [0.05, 0.1) is 11.0 Å². The molecule has 104 valence electrons. The van der Waals surface area contributed by atoms with Crippen molar-refractivity contribution in [3.63, 3.8) is 0 Å². The number of nitrogens with zero attached hydrogens (tertiary/aromatic N) is 2. The Morgan fingerprint density at radius 2 is 2.20 bits per heavy atom. The van der Waals surface area contributed by atoms with Gasteiger partial charge in [-0.05, 0) is 24.6 Å². The largest absolute Gasteiger partial charge is 0.429 e. The fourth-order valence-electron chi connectivity index (χ4n) is 1.59. The first kappa shape index (κ1) is 13.9. The summed E-state index contributed by atoms with van der Waals surface area (Å²) in [6.45, 7) is 1.55. The van der Waals surface area contributed by atoms with E-state index in [0.717, 1.165) is 12.1 Å². The summed E-state index contributed by atoms with van der Waals surface area (Å²) < 4.78 is 18.8. The molecule has 0 aliphatic carbocycles. The lowest BCUT2D eigenvalue weighted by Gasteiger charge is -2.09. The normalized spacial score (nSPS) is 11.9. The number of hydrogen-bond donors (Lipinski definition) is 1. The molecule has 1 atom stereocenters. The Morgan fingerprint density at radius 1 is 1.45 bits per heavy atom. The van der Waals surface area contributed by atoms with Crippen LogP contribution < -0.4 is 4.74 Å². The molecule has 0 aliphatic rings. The molecule has 1 aromatic heterocycles. The van der Waals surface area contributed by atoms with Gasteiger partial charge in [0.2, 0.25) is 11.6 Å². The maximum Gasteiger partial charge on any atom is 0.314 e. The number of aliphatic hydroxyl groups is 1. The highest BCUT2D eigenvalue weighted by Gasteiger charge is 2.20. The van der Waals surface area contributed by atoms with Crippen LogP contribution in [0.15, 0.2) is 36.5 Å². The van der Waals surface area contributed by atoms with Gasteiger partial charge >= 0.3 is 5.69 Å². The number of pyridine rings is 1. The van der Waals surface area contributed by atoms with E-state index >= 15 is 0 Å². The summed E-state index contributed by atoms with van der Waals surface area (Å²) in [5.41, 5.74) is 0.0169. The highest BCUT2D eigenvalue weighted by molar-refractivity contribution is 5.48. The topological polar surface area (TPSA) is 85.5 Å². The number of nitro benzene ring substituents is 1. The number of aliphatic hydroxyl groups excluding tert-OH is 1. The highest BCUT2D eigenvalue weighted by Crippen LogP contribution is 2.33. The lowest BCUT2D eigenvalue weighted by atomic mass is 10.2. The van der Waals surface area contributed by atoms with Crippen molar-refractivity contribution in [2.75, 3.05) is 0 Å². The summed E-state index contributed by atoms with van der Waals surface area (Å²) in [6.07, 6.45) is 0.611. The summed E-state index contributed by atoms with van der Waals surface area (Å²) in [7, 11) is 0. The molecule has 2 aromatic rings. The molecular weight excluding hydrogens is 267 g/mol. The van der Waals surface area contributed by atoms with Gasteiger partial charge in [-0.1, -0.05) is 6.07 Å². The van der Waals surface area contributed by atoms with Gasteiger partial charge in [0, 0.05) is 18.3 Å². The third kappa shape index (κ3) is 2.89. The van der Waals surface area contributed by atoms with Crippen molar-refractivity contribution in [2.45, 2.75) is 13.0 Å². The van der Waals surface area contributed by atoms with Gasteiger partial charge in [-0.25, -0.2) is 9.37 Å². The second-order valence-electron chi connectivity index (χ2n) is 4.05. The van der Waals surface area contributed by atoms with Crippen LogP contribution in [0.2, 0.25) is 0 Å². The summed E-state index contributed by atoms with van der Waals surface area (Å²) in [5.74, 6) is -1.40. The number of rotatable bonds is 4. The van der Waals surface area contributed by atoms with Crippen LogP contribution >= 0.6 is 0 Å². The Kier molecular flexibility index (Phi) is 3.90. The predicted molar refractivity (Wildman–Crippen MR) is 68.0 cm³/mol. The van der Waals surface area contributed by atoms with Crippen LogP contribution in [0.5, 0.6) is 11.6 Å². The second kappa shape index (κ2) is 5.62. The Balaban J connectivity index is 2.40. The standard InChI is InChI=1S/C13H11FN2O4/c1-8(17)9-5-6-15-12(7-9)20-13-10(14)3-2-4-11(13)16(18)19/h2-8,17H,1H3/t8-/m0/s1. The van der Waals surface area contributed by atoms with Gasteiger partial charge < -0.3 is 9.84 Å². The number of hydrogen-bond acceptors (Lipinski definition) is 5. The van der Waals surface area contributed by atoms with Crippen molar-refractivity contribution in [1.29, 1.82) is 0 Å². The Labute approximate surface area is 113 Å². The van der Waals surface area contributed by atoms with E-state index in [-0.39, 0.29) is 5.88 Å². The van der Waals surface area contributed by atoms with E-state index in [4.69, 9.17) is 4.74 Å². The molecule has 0 fully saturated rings. The smallest absolute Gasteiger partial charge is 0.314 e. The quantitative estimate of drug-likeness (QED) is 0.686. The van der Waals surface area contributed by atoms with E-state index in [9.17, 15) is 19.6 Å². The molecule has 0 saturated carbocycles. The van der Waals surface area contributed by atoms with E-state index in [0.29, 0.717) is 5.56 Å². The Hall–Kier alpha value is -2.54. The van der Waals surface area contributed by atoms with Gasteiger partial charge in [0.1, 0.15) is 0 Å². The molecule has 0 bridgehead atoms. The third-order valence-electron chi connectivity index (χ3n) is 2.59. The molecule has 1 aromatic carbocycles. The number of nitro groups is 1. The molecule has 0 spiro atoms. The maximum atomic E-state index is 13.6. The van der Waals surface area contributed by atoms with Gasteiger partial charge in [-0.15, -0.1) is 0 Å². The average molecular weight is 278 g/mol. The van der Waals surface area contributed by atoms with Crippen LogP contribution in [0.1, 0.15) is 18.6 Å². The minimum Gasteiger partial charge on any atom is -0.429 e. The van der Waals surface area contributed by atoms with Gasteiger partial charge in [-0.3, -0.25) is 10.1 Å². The number of halogens is 1. The van der Waals surface area contributed by atoms with Gasteiger partial charge in [-0.2, -0.15) is 0 Å². The SMILES string of the molecule is C[C@H](O)c1ccnc(Oc2c(F)cccc2[N+](=O)[O-])c1. The lowest BCUT2D eigenvalue weighted by Crippen LogP contribution is -1.98. The first-order valence-electron chi connectivity index (χ1n) is 5.74. The Morgan fingerprint density at radius 3 is 2.85 bits per heavy atom. The van der Waals surface area contributed by atoms with Crippen molar-refractivity contribution in [2.24, 2.45) is 0 Å². The molecule has 2 rings (SSSR count). The van der Waals surface area contributed by atoms with Crippen molar-refractivity contribution < 1.29 is 19.2 Å². The molecular formula is C13H11FN2O4. The molecule has 1 N–H and O–H groups in total. The molecule has 7 heteroatoms. The predicted octanol–water partition coefficient (Wildman–Crippen LogP) is 2.97. The number of benzene rings is 1. The zero-order chi connectivity index (χ0) is 14.7. The van der Waals surface area contributed by atoms with Crippen molar-refractivity contribution in [3.05, 3.63) is 58.0 Å². The van der Waals surface area contributed by atoms with Crippen LogP contribution in [-0.2, 0) is 0 Å².